The van der Waals surface area contributed by atoms with Gasteiger partial charge in [-0.25, -0.2) is 0 Å². The molecule has 0 aromatic rings. The Bertz CT molecular complexity index is 47.3. The van der Waals surface area contributed by atoms with Crippen LogP contribution in [0.1, 0.15) is 13.8 Å². The summed E-state index contributed by atoms with van der Waals surface area (Å²) in [6, 6.07) is 0. The van der Waals surface area contributed by atoms with Crippen LogP contribution in [0.2, 0.25) is 0 Å². The first kappa shape index (κ1) is 8.93. The SMILES string of the molecule is CC[O][Al]([Br])[O]CC. The Kier molecular flexibility index (Phi) is 6.76. The van der Waals surface area contributed by atoms with Crippen LogP contribution in [0, 0.1) is 0 Å². The Labute approximate surface area is 61.9 Å². The first-order chi connectivity index (χ1) is 3.81. The molecule has 0 spiro atoms. The summed E-state index contributed by atoms with van der Waals surface area (Å²) < 4.78 is 10.2. The van der Waals surface area contributed by atoms with Crippen molar-refractivity contribution in [1.29, 1.82) is 0 Å². The van der Waals surface area contributed by atoms with Crippen LogP contribution in [-0.2, 0) is 7.58 Å². The maximum atomic E-state index is 5.12. The molecule has 0 saturated heterocycles. The standard InChI is InChI=1S/2C2H5O.Al.BrH/c2*1-2-3;;/h2*2H2,1H3;;1H/q2*-1;+3;/p-1. The van der Waals surface area contributed by atoms with Gasteiger partial charge >= 0.3 is 13.0 Å². The molecule has 0 amide bonds. The number of hydrogen-bond acceptors (Lipinski definition) is 2. The van der Waals surface area contributed by atoms with Crippen LogP contribution < -0.4 is 0 Å². The van der Waals surface area contributed by atoms with Crippen molar-refractivity contribution in [3.05, 3.63) is 0 Å². The van der Waals surface area contributed by atoms with Gasteiger partial charge in [0.1, 0.15) is 0 Å². The number of rotatable bonds is 4. The minimum absolute atomic E-state index is 0.738. The lowest BCUT2D eigenvalue weighted by Gasteiger charge is -2.01. The smallest absolute Gasteiger partial charge is 0.470 e. The second-order valence-electron chi connectivity index (χ2n) is 1.19. The van der Waals surface area contributed by atoms with E-state index in [0.717, 1.165) is 13.2 Å². The van der Waals surface area contributed by atoms with Crippen molar-refractivity contribution in [2.45, 2.75) is 13.8 Å². The predicted octanol–water partition coefficient (Wildman–Crippen LogP) is 1.44. The van der Waals surface area contributed by atoms with Gasteiger partial charge in [-0.3, -0.25) is 0 Å². The molecule has 0 bridgehead atoms. The Hall–Kier alpha value is 0.932. The van der Waals surface area contributed by atoms with Gasteiger partial charge < -0.3 is 7.58 Å². The summed E-state index contributed by atoms with van der Waals surface area (Å²) in [5, 5.41) is 0. The van der Waals surface area contributed by atoms with Crippen molar-refractivity contribution in [3.63, 3.8) is 0 Å². The number of halogens is 1. The highest BCUT2D eigenvalue weighted by molar-refractivity contribution is 9.24. The lowest BCUT2D eigenvalue weighted by Crippen LogP contribution is -2.14. The van der Waals surface area contributed by atoms with Crippen LogP contribution in [-0.4, -0.2) is 26.2 Å². The van der Waals surface area contributed by atoms with E-state index in [1.54, 1.807) is 0 Å². The molecule has 4 heteroatoms. The Morgan fingerprint density at radius 3 is 1.88 bits per heavy atom. The maximum absolute atomic E-state index is 5.12. The summed E-state index contributed by atoms with van der Waals surface area (Å²) in [5.74, 6) is 0. The third-order valence-corrected chi connectivity index (χ3v) is 3.37. The van der Waals surface area contributed by atoms with Crippen LogP contribution in [0.25, 0.3) is 0 Å². The van der Waals surface area contributed by atoms with Crippen molar-refractivity contribution < 1.29 is 7.58 Å². The van der Waals surface area contributed by atoms with E-state index in [4.69, 9.17) is 7.58 Å². The molecule has 0 rings (SSSR count). The van der Waals surface area contributed by atoms with E-state index in [9.17, 15) is 0 Å². The summed E-state index contributed by atoms with van der Waals surface area (Å²) in [6.07, 6.45) is 0. The van der Waals surface area contributed by atoms with E-state index >= 15 is 0 Å². The highest BCUT2D eigenvalue weighted by Gasteiger charge is 2.18. The molecular weight excluding hydrogens is 187 g/mol. The molecule has 0 N–H and O–H groups in total. The summed E-state index contributed by atoms with van der Waals surface area (Å²) in [6.45, 7) is 5.39. The second kappa shape index (κ2) is 6.06. The van der Waals surface area contributed by atoms with E-state index in [1.165, 1.54) is 0 Å². The van der Waals surface area contributed by atoms with Gasteiger partial charge in [0.2, 0.25) is 0 Å². The van der Waals surface area contributed by atoms with E-state index in [2.05, 4.69) is 14.1 Å². The molecule has 0 aliphatic heterocycles. The average Bonchev–Trinajstić information content (AvgIpc) is 1.68. The van der Waals surface area contributed by atoms with Gasteiger partial charge in [-0.2, -0.15) is 0 Å². The van der Waals surface area contributed by atoms with E-state index in [-0.39, 0.29) is 0 Å². The van der Waals surface area contributed by atoms with Gasteiger partial charge in [-0.05, 0) is 13.8 Å². The minimum atomic E-state index is -1.39. The topological polar surface area (TPSA) is 18.5 Å². The highest BCUT2D eigenvalue weighted by Crippen LogP contribution is 1.96. The van der Waals surface area contributed by atoms with Crippen molar-refractivity contribution in [2.24, 2.45) is 0 Å². The Morgan fingerprint density at radius 2 is 1.62 bits per heavy atom. The molecule has 0 saturated carbocycles. The van der Waals surface area contributed by atoms with Gasteiger partial charge in [0.25, 0.3) is 0 Å². The van der Waals surface area contributed by atoms with Crippen LogP contribution in [0.5, 0.6) is 0 Å². The van der Waals surface area contributed by atoms with Crippen molar-refractivity contribution in [2.75, 3.05) is 13.2 Å². The van der Waals surface area contributed by atoms with Crippen molar-refractivity contribution >= 4 is 27.0 Å². The third kappa shape index (κ3) is 5.08. The molecule has 0 atom stereocenters. The fraction of sp³-hybridized carbons (Fsp3) is 1.00. The minimum Gasteiger partial charge on any atom is -0.470 e. The summed E-state index contributed by atoms with van der Waals surface area (Å²) in [7, 11) is 0. The van der Waals surface area contributed by atoms with E-state index < -0.39 is 13.0 Å². The predicted molar refractivity (Wildman–Crippen MR) is 37.9 cm³/mol. The fourth-order valence-electron chi connectivity index (χ4n) is 0.310. The fourth-order valence-corrected chi connectivity index (χ4v) is 2.52. The quantitative estimate of drug-likeness (QED) is 0.634. The first-order valence-electron chi connectivity index (χ1n) is 2.68. The number of hydrogen-bond donors (Lipinski definition) is 0. The molecule has 8 heavy (non-hydrogen) atoms. The highest BCUT2D eigenvalue weighted by atomic mass is 79.9. The molecule has 0 aromatic carbocycles. The Balaban J connectivity index is 2.92. The van der Waals surface area contributed by atoms with Crippen molar-refractivity contribution in [1.82, 2.24) is 0 Å². The molecule has 0 unspecified atom stereocenters. The Morgan fingerprint density at radius 1 is 1.25 bits per heavy atom. The molecule has 0 aliphatic rings. The molecule has 0 fully saturated rings. The van der Waals surface area contributed by atoms with Gasteiger partial charge in [0.15, 0.2) is 0 Å². The normalized spacial score (nSPS) is 9.38. The zero-order valence-corrected chi connectivity index (χ0v) is 7.93. The van der Waals surface area contributed by atoms with E-state index in [1.807, 2.05) is 13.8 Å². The lowest BCUT2D eigenvalue weighted by molar-refractivity contribution is 0.235. The lowest BCUT2D eigenvalue weighted by atomic mass is 10.9. The van der Waals surface area contributed by atoms with E-state index in [0.29, 0.717) is 0 Å². The molecular formula is C4H10AlBrO2. The van der Waals surface area contributed by atoms with Crippen molar-refractivity contribution in [3.8, 4) is 0 Å². The zero-order chi connectivity index (χ0) is 6.41. The molecule has 2 nitrogen and oxygen atoms in total. The summed E-state index contributed by atoms with van der Waals surface area (Å²) >= 11 is 1.90. The van der Waals surface area contributed by atoms with Crippen LogP contribution in [0.3, 0.4) is 0 Å². The largest absolute Gasteiger partial charge is 0.774 e. The second-order valence-corrected chi connectivity index (χ2v) is 4.64. The first-order valence-corrected chi connectivity index (χ1v) is 6.81. The molecule has 0 heterocycles. The van der Waals surface area contributed by atoms with Gasteiger partial charge in [0.05, 0.1) is 0 Å². The zero-order valence-electron chi connectivity index (χ0n) is 5.19. The van der Waals surface area contributed by atoms with Gasteiger partial charge in [-0.1, -0.05) is 0 Å². The van der Waals surface area contributed by atoms with Crippen LogP contribution in [0.15, 0.2) is 0 Å². The third-order valence-electron chi connectivity index (χ3n) is 0.595. The molecule has 0 aromatic heterocycles. The van der Waals surface area contributed by atoms with Crippen LogP contribution in [0.4, 0.5) is 0 Å². The molecule has 0 aliphatic carbocycles. The molecule has 48 valence electrons. The maximum Gasteiger partial charge on any atom is 0.774 e. The van der Waals surface area contributed by atoms with Crippen LogP contribution >= 0.6 is 14.1 Å². The van der Waals surface area contributed by atoms with Gasteiger partial charge in [-0.15, -0.1) is 14.1 Å². The molecule has 0 radical (unpaired) electrons. The van der Waals surface area contributed by atoms with Gasteiger partial charge in [0, 0.05) is 13.2 Å². The monoisotopic (exact) mass is 196 g/mol. The average molecular weight is 197 g/mol. The summed E-state index contributed by atoms with van der Waals surface area (Å²) in [4.78, 5) is 0. The summed E-state index contributed by atoms with van der Waals surface area (Å²) in [5.41, 5.74) is 0.